The van der Waals surface area contributed by atoms with Crippen LogP contribution in [0.5, 0.6) is 0 Å². The molecule has 1 aliphatic heterocycles. The Hall–Kier alpha value is -1.37. The lowest BCUT2D eigenvalue weighted by atomic mass is 10.3. The van der Waals surface area contributed by atoms with Gasteiger partial charge in [0.15, 0.2) is 0 Å². The first-order valence-corrected chi connectivity index (χ1v) is 14.4. The molecule has 2 aromatic carbocycles. The summed E-state index contributed by atoms with van der Waals surface area (Å²) in [5, 5.41) is 2.92. The Morgan fingerprint density at radius 3 is 1.34 bits per heavy atom. The molecule has 0 radical (unpaired) electrons. The van der Waals surface area contributed by atoms with E-state index in [0.29, 0.717) is 66.1 Å². The van der Waals surface area contributed by atoms with Crippen LogP contribution in [-0.2, 0) is 23.7 Å². The van der Waals surface area contributed by atoms with Crippen LogP contribution in [0.3, 0.4) is 0 Å². The van der Waals surface area contributed by atoms with Crippen LogP contribution in [0.4, 0.5) is 0 Å². The molecule has 0 spiro atoms. The van der Waals surface area contributed by atoms with Gasteiger partial charge in [-0.05, 0) is 44.1 Å². The minimum absolute atomic E-state index is 0.322. The average Bonchev–Trinajstić information content (AvgIpc) is 2.90. The van der Waals surface area contributed by atoms with E-state index in [-0.39, 0.29) is 7.92 Å². The second-order valence-electron chi connectivity index (χ2n) is 8.43. The maximum atomic E-state index is 5.80. The Bertz CT molecular complexity index is 694. The summed E-state index contributed by atoms with van der Waals surface area (Å²) in [7, 11) is -0.322. The van der Waals surface area contributed by atoms with Gasteiger partial charge in [0.2, 0.25) is 0 Å². The summed E-state index contributed by atoms with van der Waals surface area (Å²) in [6, 6.07) is 22.0. The van der Waals surface area contributed by atoms with Gasteiger partial charge in [0.25, 0.3) is 0 Å². The molecule has 3 rings (SSSR count). The zero-order valence-corrected chi connectivity index (χ0v) is 21.9. The number of benzene rings is 2. The summed E-state index contributed by atoms with van der Waals surface area (Å²) >= 11 is 0. The molecule has 0 atom stereocenters. The lowest BCUT2D eigenvalue weighted by Crippen LogP contribution is -2.32. The van der Waals surface area contributed by atoms with Crippen molar-refractivity contribution < 1.29 is 23.7 Å². The summed E-state index contributed by atoms with van der Waals surface area (Å²) in [4.78, 5) is 2.46. The highest BCUT2D eigenvalue weighted by Gasteiger charge is 2.13. The maximum absolute atomic E-state index is 5.80. The molecule has 1 fully saturated rings. The van der Waals surface area contributed by atoms with Crippen LogP contribution >= 0.6 is 7.92 Å². The van der Waals surface area contributed by atoms with Crippen LogP contribution in [0.2, 0.25) is 0 Å². The fraction of sp³-hybridized carbons (Fsp3) is 0.571. The molecule has 0 N–H and O–H groups in total. The van der Waals surface area contributed by atoms with E-state index in [2.05, 4.69) is 65.6 Å². The monoisotopic (exact) mass is 503 g/mol. The molecule has 194 valence electrons. The maximum Gasteiger partial charge on any atom is 0.0701 e. The lowest BCUT2D eigenvalue weighted by molar-refractivity contribution is -0.0185. The number of nitrogens with zero attached hydrogens (tertiary/aromatic N) is 1. The van der Waals surface area contributed by atoms with Crippen LogP contribution in [0.25, 0.3) is 0 Å². The predicted molar refractivity (Wildman–Crippen MR) is 144 cm³/mol. The molecular weight excluding hydrogens is 461 g/mol. The molecule has 6 nitrogen and oxygen atoms in total. The van der Waals surface area contributed by atoms with Crippen molar-refractivity contribution in [3.63, 3.8) is 0 Å². The molecule has 0 amide bonds. The van der Waals surface area contributed by atoms with E-state index in [0.717, 1.165) is 19.6 Å². The Labute approximate surface area is 212 Å². The summed E-state index contributed by atoms with van der Waals surface area (Å²) in [6.45, 7) is 9.10. The summed E-state index contributed by atoms with van der Waals surface area (Å²) in [5.74, 6) is 0. The van der Waals surface area contributed by atoms with E-state index >= 15 is 0 Å². The van der Waals surface area contributed by atoms with E-state index < -0.39 is 0 Å². The van der Waals surface area contributed by atoms with Crippen molar-refractivity contribution in [3.05, 3.63) is 60.7 Å². The average molecular weight is 504 g/mol. The normalized spacial score (nSPS) is 18.7. The van der Waals surface area contributed by atoms with Crippen molar-refractivity contribution in [1.29, 1.82) is 0 Å². The van der Waals surface area contributed by atoms with Gasteiger partial charge >= 0.3 is 0 Å². The molecule has 1 heterocycles. The predicted octanol–water partition coefficient (Wildman–Crippen LogP) is 3.30. The molecule has 1 aliphatic rings. The van der Waals surface area contributed by atoms with E-state index in [1.165, 1.54) is 29.6 Å². The molecule has 2 aromatic rings. The standard InChI is InChI=1S/C28H42NO5P/c1-3-9-27(10-4-1)35(28-11-5-2-6-12-28)26-8-7-13-29-14-16-30-18-20-32-22-24-34-25-23-33-21-19-31-17-15-29/h1-6,9-12H,7-8,13-26H2. The third kappa shape index (κ3) is 12.4. The van der Waals surface area contributed by atoms with E-state index in [9.17, 15) is 0 Å². The van der Waals surface area contributed by atoms with Crippen LogP contribution < -0.4 is 10.6 Å². The number of unbranched alkanes of at least 4 members (excludes halogenated alkanes) is 1. The van der Waals surface area contributed by atoms with Crippen LogP contribution in [0.1, 0.15) is 12.8 Å². The second-order valence-corrected chi connectivity index (χ2v) is 10.8. The van der Waals surface area contributed by atoms with Crippen molar-refractivity contribution in [2.24, 2.45) is 0 Å². The molecule has 0 unspecified atom stereocenters. The number of ether oxygens (including phenoxy) is 5. The van der Waals surface area contributed by atoms with E-state index in [1.54, 1.807) is 0 Å². The smallest absolute Gasteiger partial charge is 0.0701 e. The van der Waals surface area contributed by atoms with Crippen molar-refractivity contribution in [3.8, 4) is 0 Å². The minimum atomic E-state index is -0.322. The van der Waals surface area contributed by atoms with Crippen LogP contribution in [0.15, 0.2) is 60.7 Å². The molecule has 0 aromatic heterocycles. The third-order valence-electron chi connectivity index (χ3n) is 5.83. The van der Waals surface area contributed by atoms with E-state index in [4.69, 9.17) is 23.7 Å². The number of rotatable bonds is 7. The fourth-order valence-electron chi connectivity index (χ4n) is 3.93. The Kier molecular flexibility index (Phi) is 15.2. The first-order valence-electron chi connectivity index (χ1n) is 12.9. The van der Waals surface area contributed by atoms with Gasteiger partial charge in [0.05, 0.1) is 66.1 Å². The molecule has 0 saturated carbocycles. The zero-order valence-electron chi connectivity index (χ0n) is 21.0. The largest absolute Gasteiger partial charge is 0.378 e. The van der Waals surface area contributed by atoms with Gasteiger partial charge in [-0.1, -0.05) is 60.7 Å². The van der Waals surface area contributed by atoms with Crippen molar-refractivity contribution in [2.75, 3.05) is 91.9 Å². The molecule has 35 heavy (non-hydrogen) atoms. The lowest BCUT2D eigenvalue weighted by Gasteiger charge is -2.23. The molecule has 7 heteroatoms. The van der Waals surface area contributed by atoms with Crippen molar-refractivity contribution in [2.45, 2.75) is 12.8 Å². The van der Waals surface area contributed by atoms with Crippen LogP contribution in [-0.4, -0.2) is 96.8 Å². The Morgan fingerprint density at radius 1 is 0.514 bits per heavy atom. The molecule has 0 bridgehead atoms. The topological polar surface area (TPSA) is 49.4 Å². The Morgan fingerprint density at radius 2 is 0.914 bits per heavy atom. The van der Waals surface area contributed by atoms with Crippen LogP contribution in [0, 0.1) is 0 Å². The number of hydrogen-bond acceptors (Lipinski definition) is 6. The number of hydrogen-bond donors (Lipinski definition) is 0. The first-order chi connectivity index (χ1) is 17.4. The second kappa shape index (κ2) is 18.8. The summed E-state index contributed by atoms with van der Waals surface area (Å²) in [5.41, 5.74) is 0. The van der Waals surface area contributed by atoms with Gasteiger partial charge in [0.1, 0.15) is 0 Å². The highest BCUT2D eigenvalue weighted by atomic mass is 31.1. The van der Waals surface area contributed by atoms with Gasteiger partial charge in [-0.25, -0.2) is 0 Å². The van der Waals surface area contributed by atoms with Gasteiger partial charge < -0.3 is 23.7 Å². The van der Waals surface area contributed by atoms with E-state index in [1.807, 2.05) is 0 Å². The van der Waals surface area contributed by atoms with Gasteiger partial charge in [-0.3, -0.25) is 4.90 Å². The SMILES string of the molecule is c1ccc(P(CCCCN2CCOCCOCCOCCOCCOCC2)c2ccccc2)cc1. The molecular formula is C28H42NO5P. The Balaban J connectivity index is 1.43. The van der Waals surface area contributed by atoms with Gasteiger partial charge in [-0.15, -0.1) is 0 Å². The highest BCUT2D eigenvalue weighted by molar-refractivity contribution is 7.73. The summed E-state index contributed by atoms with van der Waals surface area (Å²) in [6.07, 6.45) is 3.59. The zero-order chi connectivity index (χ0) is 24.2. The van der Waals surface area contributed by atoms with Gasteiger partial charge in [-0.2, -0.15) is 0 Å². The van der Waals surface area contributed by atoms with Gasteiger partial charge in [0, 0.05) is 13.1 Å². The molecule has 0 aliphatic carbocycles. The minimum Gasteiger partial charge on any atom is -0.378 e. The quantitative estimate of drug-likeness (QED) is 0.427. The third-order valence-corrected chi connectivity index (χ3v) is 8.44. The van der Waals surface area contributed by atoms with Crippen molar-refractivity contribution in [1.82, 2.24) is 4.90 Å². The highest BCUT2D eigenvalue weighted by Crippen LogP contribution is 2.34. The van der Waals surface area contributed by atoms with Crippen molar-refractivity contribution >= 4 is 18.5 Å². The molecule has 1 saturated heterocycles. The first kappa shape index (κ1) is 28.2. The fourth-order valence-corrected chi connectivity index (χ4v) is 6.35. The summed E-state index contributed by atoms with van der Waals surface area (Å²) < 4.78 is 28.2.